The molecule has 3 fully saturated rings. The molecule has 0 aliphatic carbocycles. The van der Waals surface area contributed by atoms with Crippen molar-refractivity contribution in [3.63, 3.8) is 0 Å². The molecule has 3 aliphatic rings. The van der Waals surface area contributed by atoms with E-state index in [2.05, 4.69) is 4.74 Å². The smallest absolute Gasteiger partial charge is 0.168 e. The monoisotopic (exact) mass is 1800 g/mol. The van der Waals surface area contributed by atoms with E-state index in [0.717, 1.165) is 122 Å². The normalized spacial score (nSPS) is 14.2. The summed E-state index contributed by atoms with van der Waals surface area (Å²) in [7, 11) is 9.68. The van der Waals surface area contributed by atoms with Crippen LogP contribution in [0, 0.1) is 5.41 Å². The molecule has 44 heteroatoms. The molecule has 0 bridgehead atoms. The van der Waals surface area contributed by atoms with Gasteiger partial charge in [0.05, 0.1) is 142 Å². The number of hydrogen-bond acceptors (Lipinski definition) is 44. The van der Waals surface area contributed by atoms with E-state index in [1.54, 1.807) is 63.4 Å². The van der Waals surface area contributed by atoms with Crippen molar-refractivity contribution in [3.05, 3.63) is 23.8 Å². The lowest BCUT2D eigenvalue weighted by Crippen LogP contribution is -2.43. The first-order chi connectivity index (χ1) is 58.0. The molecule has 0 spiro atoms. The van der Waals surface area contributed by atoms with Crippen molar-refractivity contribution in [2.45, 2.75) is 186 Å². The molecule has 0 amide bonds. The first-order valence-electron chi connectivity index (χ1n) is 41.4. The molecule has 0 aromatic heterocycles. The lowest BCUT2D eigenvalue weighted by atomic mass is 9.96. The van der Waals surface area contributed by atoms with Gasteiger partial charge in [-0.05, 0) is 169 Å². The summed E-state index contributed by atoms with van der Waals surface area (Å²) >= 11 is 0. The van der Waals surface area contributed by atoms with Crippen molar-refractivity contribution in [1.29, 1.82) is 0 Å². The van der Waals surface area contributed by atoms with Crippen LogP contribution in [-0.4, -0.2) is 406 Å². The number of aliphatic hydroxyl groups is 13. The molecule has 3 saturated heterocycles. The number of benzene rings is 1. The van der Waals surface area contributed by atoms with Gasteiger partial charge in [0.1, 0.15) is 0 Å². The van der Waals surface area contributed by atoms with Crippen LogP contribution in [0.4, 0.5) is 0 Å². The Morgan fingerprint density at radius 3 is 1.14 bits per heavy atom. The van der Waals surface area contributed by atoms with Gasteiger partial charge in [0.2, 0.25) is 0 Å². The second kappa shape index (κ2) is 131. The van der Waals surface area contributed by atoms with E-state index in [1.807, 2.05) is 52.8 Å². The quantitative estimate of drug-likeness (QED) is 0.0214. The molecule has 754 valence electrons. The van der Waals surface area contributed by atoms with Crippen LogP contribution in [0.2, 0.25) is 0 Å². The molecule has 1 aromatic rings. The average molecular weight is 1800 g/mol. The van der Waals surface area contributed by atoms with E-state index >= 15 is 0 Å². The van der Waals surface area contributed by atoms with E-state index < -0.39 is 23.5 Å². The molecule has 122 heavy (non-hydrogen) atoms. The molecule has 3 unspecified atom stereocenters. The van der Waals surface area contributed by atoms with Gasteiger partial charge in [0, 0.05) is 145 Å². The van der Waals surface area contributed by atoms with Gasteiger partial charge >= 0.3 is 0 Å². The van der Waals surface area contributed by atoms with Crippen molar-refractivity contribution >= 4 is 0 Å². The van der Waals surface area contributed by atoms with Crippen LogP contribution in [-0.2, 0) is 58.5 Å². The maximum atomic E-state index is 8.51. The van der Waals surface area contributed by atoms with Crippen molar-refractivity contribution in [1.82, 2.24) is 0 Å². The number of hydrogen-bond donors (Lipinski definition) is 31. The zero-order valence-electron chi connectivity index (χ0n) is 78.1. The number of rotatable bonds is 42. The van der Waals surface area contributed by atoms with Crippen LogP contribution in [0.15, 0.2) is 18.2 Å². The third-order valence-corrected chi connectivity index (χ3v) is 13.3. The second-order valence-corrected chi connectivity index (χ2v) is 26.7. The molecule has 5 atom stereocenters. The van der Waals surface area contributed by atoms with Crippen LogP contribution in [0.5, 0.6) is 11.5 Å². The third-order valence-electron chi connectivity index (χ3n) is 13.3. The topological polar surface area (TPSA) is 851 Å². The Morgan fingerprint density at radius 2 is 0.943 bits per heavy atom. The summed E-state index contributed by atoms with van der Waals surface area (Å²) in [5, 5.41) is 107. The second-order valence-electron chi connectivity index (χ2n) is 26.7. The first kappa shape index (κ1) is 150. The fraction of sp³-hybridized carbons (Fsp3) is 0.923. The van der Waals surface area contributed by atoms with Crippen LogP contribution < -0.4 is 113 Å². The SMILES string of the molecule is CC(C)(CN)CO.CC(N)(CO)CO.CC1(C)OCC(CN)O1.CCOCCN.COC(CN)OC.COCCCN.COCCN.COc1ccc(CCN)cc1OC.C[C@@H](O)CN.C[C@H](O)CN.NC(CO)CO.NCC(O)CO.NCC1CCCO1.NCCC1OCCO1.NCCCCCO.NCCCCO.NCCCO.NCCOCCO. The van der Waals surface area contributed by atoms with Crippen molar-refractivity contribution in [2.24, 2.45) is 109 Å². The lowest BCUT2D eigenvalue weighted by molar-refractivity contribution is -0.137. The number of unbranched alkanes of at least 4 members (excludes halogenated alkanes) is 3. The first-order valence-corrected chi connectivity index (χ1v) is 41.4. The molecule has 3 heterocycles. The molecule has 3 aliphatic heterocycles. The van der Waals surface area contributed by atoms with E-state index in [0.29, 0.717) is 131 Å². The number of nitrogens with two attached hydrogens (primary N) is 18. The van der Waals surface area contributed by atoms with E-state index in [-0.39, 0.29) is 102 Å². The van der Waals surface area contributed by atoms with Gasteiger partial charge in [0.25, 0.3) is 0 Å². The highest BCUT2D eigenvalue weighted by atomic mass is 16.7. The molecular formula is C78H196N18O26. The third kappa shape index (κ3) is 158. The highest BCUT2D eigenvalue weighted by Crippen LogP contribution is 2.27. The van der Waals surface area contributed by atoms with Gasteiger partial charge in [-0.2, -0.15) is 0 Å². The van der Waals surface area contributed by atoms with Gasteiger partial charge in [-0.3, -0.25) is 0 Å². The number of aliphatic hydroxyl groups excluding tert-OH is 13. The summed E-state index contributed by atoms with van der Waals surface area (Å²) in [6, 6.07) is 5.38. The maximum absolute atomic E-state index is 8.51. The molecule has 0 saturated carbocycles. The highest BCUT2D eigenvalue weighted by molar-refractivity contribution is 5.42. The van der Waals surface area contributed by atoms with Crippen LogP contribution in [0.3, 0.4) is 0 Å². The Balaban J connectivity index is -0.0000000849. The molecule has 1 aromatic carbocycles. The minimum absolute atomic E-state index is 0.0139. The standard InChI is InChI=1S/C10H15NO2.C6H13NO2.C5H11NO2.C5H11NO.2C5H13NO.3C4H11NO2.3C4H11NO.2C3H9NO2.4C3H9NO/c1-12-9-4-3-8(5-6-11)7-10(9)13-2;1-6(2)8-4-5(3-7)9-6;6-2-1-5-7-3-4-8-5;6-4-5-2-1-3-7-5;1-5(2,3-6)4-7;6-4-2-1-3-5-7;1-6-4(3-5)7-2;1-4(5,2-6)3-7;5-1-3-7-4-2-6;1-6-4-2-3-5;1-2-6-4-3-5;5-3-1-2-4-6;4-3(1-5)2-6;4-1-3(6)2-5;1-5-3-2-4;2*1-3(5)2-4;4-2-1-3-5/h3-4,7H,5-6,11H2,1-2H3;5H,3-4,7H2,1-2H3;5H,1-4,6H2;5H,1-4,6H2;7H,3-4,6H2,1-2H3;7H,1-6H2;4H,3,5H2,1-2H3;6-7H,2-3,5H2,1H3;6H,1-5H2;2*2-5H2,1H3;6H,1-5H2;2*3,5-6H,1-2,4H2;2-4H2,1H3;2*3,5H,2,4H2,1H3;5H,1-4H2/t;;;;;;;;;;;;;;;2*3-;/m...............10./s1. The predicted molar refractivity (Wildman–Crippen MR) is 488 cm³/mol. The minimum Gasteiger partial charge on any atom is -0.493 e. The molecule has 44 nitrogen and oxygen atoms in total. The van der Waals surface area contributed by atoms with Crippen molar-refractivity contribution < 1.29 is 128 Å². The van der Waals surface area contributed by atoms with E-state index in [9.17, 15) is 0 Å². The van der Waals surface area contributed by atoms with E-state index in [1.165, 1.54) is 12.0 Å². The van der Waals surface area contributed by atoms with Crippen LogP contribution >= 0.6 is 0 Å². The summed E-state index contributed by atoms with van der Waals surface area (Å²) < 4.78 is 64.5. The summed E-state index contributed by atoms with van der Waals surface area (Å²) in [6.45, 7) is 30.4. The van der Waals surface area contributed by atoms with Crippen molar-refractivity contribution in [3.8, 4) is 11.5 Å². The van der Waals surface area contributed by atoms with Gasteiger partial charge < -0.3 is 231 Å². The summed E-state index contributed by atoms with van der Waals surface area (Å²) in [5.74, 6) is 1.10. The average Bonchev–Trinajstić information content (AvgIpc) is 1.32. The summed E-state index contributed by atoms with van der Waals surface area (Å²) in [4.78, 5) is 0. The predicted octanol–water partition coefficient (Wildman–Crippen LogP) is -7.74. The number of ether oxygens (including phenoxy) is 13. The maximum Gasteiger partial charge on any atom is 0.168 e. The Morgan fingerprint density at radius 1 is 0.484 bits per heavy atom. The van der Waals surface area contributed by atoms with Crippen LogP contribution in [0.1, 0.15) is 125 Å². The molecule has 49 N–H and O–H groups in total. The Labute approximate surface area is 735 Å². The van der Waals surface area contributed by atoms with Gasteiger partial charge in [0.15, 0.2) is 29.9 Å². The Kier molecular flexibility index (Phi) is 162. The van der Waals surface area contributed by atoms with Gasteiger partial charge in [-0.1, -0.05) is 19.9 Å². The van der Waals surface area contributed by atoms with Gasteiger partial charge in [-0.15, -0.1) is 0 Å². The Hall–Kier alpha value is -2.86. The highest BCUT2D eigenvalue weighted by Gasteiger charge is 2.31. The van der Waals surface area contributed by atoms with Gasteiger partial charge in [-0.25, -0.2) is 0 Å². The van der Waals surface area contributed by atoms with E-state index in [4.69, 9.17) is 226 Å². The summed E-state index contributed by atoms with van der Waals surface area (Å²) in [6.07, 6.45) is 9.34. The van der Waals surface area contributed by atoms with Crippen LogP contribution in [0.25, 0.3) is 0 Å². The minimum atomic E-state index is -0.806. The fourth-order valence-corrected chi connectivity index (χ4v) is 5.76. The van der Waals surface area contributed by atoms with Crippen molar-refractivity contribution in [2.75, 3.05) is 280 Å². The fourth-order valence-electron chi connectivity index (χ4n) is 5.76. The zero-order valence-corrected chi connectivity index (χ0v) is 78.1. The lowest BCUT2D eigenvalue weighted by Gasteiger charge is -2.17. The number of methoxy groups -OCH3 is 6. The summed E-state index contributed by atoms with van der Waals surface area (Å²) in [5.41, 5.74) is 92.5. The largest absolute Gasteiger partial charge is 0.493 e. The Bertz CT molecular complexity index is 1760. The molecule has 0 radical (unpaired) electrons. The molecular weight excluding hydrogens is 1600 g/mol. The zero-order chi connectivity index (χ0) is 97.4. The molecule has 4 rings (SSSR count).